The van der Waals surface area contributed by atoms with Crippen LogP contribution in [0.5, 0.6) is 0 Å². The molecule has 4 nitrogen and oxygen atoms in total. The van der Waals surface area contributed by atoms with Crippen LogP contribution in [0.4, 0.5) is 0 Å². The Bertz CT molecular complexity index is 2670. The summed E-state index contributed by atoms with van der Waals surface area (Å²) in [6, 6.07) is 61.8. The van der Waals surface area contributed by atoms with Gasteiger partial charge in [-0.1, -0.05) is 182 Å². The Morgan fingerprint density at radius 3 is 0.839 bits per heavy atom. The lowest BCUT2D eigenvalue weighted by atomic mass is 9.88. The summed E-state index contributed by atoms with van der Waals surface area (Å²) in [4.78, 5) is 34.4. The molecule has 0 spiro atoms. The number of aliphatic imine (C=N–C) groups is 2. The first kappa shape index (κ1) is 40.4. The van der Waals surface area contributed by atoms with Crippen LogP contribution in [0.15, 0.2) is 265 Å². The predicted molar refractivity (Wildman–Crippen MR) is 259 cm³/mol. The second-order valence-corrected chi connectivity index (χ2v) is 14.5. The van der Waals surface area contributed by atoms with Gasteiger partial charge in [-0.25, -0.2) is 9.98 Å². The lowest BCUT2D eigenvalue weighted by Crippen LogP contribution is -2.00. The molecule has 8 rings (SSSR count). The van der Waals surface area contributed by atoms with E-state index in [1.165, 1.54) is 0 Å². The van der Waals surface area contributed by atoms with E-state index in [1.54, 1.807) is 48.6 Å². The van der Waals surface area contributed by atoms with E-state index in [9.17, 15) is 9.59 Å². The van der Waals surface area contributed by atoms with Crippen LogP contribution in [0.25, 0.3) is 33.7 Å². The fourth-order valence-corrected chi connectivity index (χ4v) is 7.05. The van der Waals surface area contributed by atoms with E-state index in [1.807, 2.05) is 84.9 Å². The maximum Gasteiger partial charge on any atom is 0.178 e. The van der Waals surface area contributed by atoms with E-state index in [0.29, 0.717) is 11.4 Å². The standard InChI is InChI=1S/C58H42N2O2/c61-53-35-31-51(32-36-53)59-57(47-27-15-5-16-28-47)41-49(43-19-7-1-8-20-43)39-55(45-23-11-3-12-24-45)56(46-25-13-4-14-26-46)40-50(44-21-9-2-10-22-44)42-58(48-29-17-6-18-30-48)60-52-33-37-54(62)38-34-52/h1-42H. The zero-order valence-electron chi connectivity index (χ0n) is 34.0. The number of rotatable bonds is 12. The fourth-order valence-electron chi connectivity index (χ4n) is 7.05. The van der Waals surface area contributed by atoms with Gasteiger partial charge in [0.1, 0.15) is 0 Å². The molecule has 2 aliphatic carbocycles. The second kappa shape index (κ2) is 20.1. The summed E-state index contributed by atoms with van der Waals surface area (Å²) in [5, 5.41) is 0. The number of hydrogen-bond donors (Lipinski definition) is 0. The van der Waals surface area contributed by atoms with Gasteiger partial charge in [-0.2, -0.15) is 0 Å². The molecule has 4 heteroatoms. The first-order valence-electron chi connectivity index (χ1n) is 20.5. The summed E-state index contributed by atoms with van der Waals surface area (Å²) in [7, 11) is 0. The molecule has 62 heavy (non-hydrogen) atoms. The molecule has 6 aromatic carbocycles. The Morgan fingerprint density at radius 1 is 0.290 bits per heavy atom. The van der Waals surface area contributed by atoms with Crippen molar-refractivity contribution in [1.82, 2.24) is 0 Å². The molecule has 0 heterocycles. The van der Waals surface area contributed by atoms with Gasteiger partial charge >= 0.3 is 0 Å². The molecule has 296 valence electrons. The number of carbonyl (C=O) groups excluding carboxylic acids is 2. The van der Waals surface area contributed by atoms with E-state index in [0.717, 1.165) is 67.1 Å². The molecule has 0 saturated heterocycles. The molecule has 0 fully saturated rings. The summed E-state index contributed by atoms with van der Waals surface area (Å²) >= 11 is 0. The van der Waals surface area contributed by atoms with Crippen molar-refractivity contribution >= 4 is 56.7 Å². The highest BCUT2D eigenvalue weighted by Gasteiger charge is 2.15. The average molecular weight is 799 g/mol. The van der Waals surface area contributed by atoms with Gasteiger partial charge in [-0.05, 0) is 117 Å². The van der Waals surface area contributed by atoms with Crippen molar-refractivity contribution in [2.75, 3.05) is 0 Å². The summed E-state index contributed by atoms with van der Waals surface area (Å²) in [6.07, 6.45) is 22.0. The zero-order valence-corrected chi connectivity index (χ0v) is 34.0. The van der Waals surface area contributed by atoms with Crippen LogP contribution in [-0.4, -0.2) is 23.0 Å². The van der Waals surface area contributed by atoms with Crippen molar-refractivity contribution in [2.24, 2.45) is 9.98 Å². The van der Waals surface area contributed by atoms with Gasteiger partial charge in [0.25, 0.3) is 0 Å². The topological polar surface area (TPSA) is 58.9 Å². The smallest absolute Gasteiger partial charge is 0.178 e. The maximum atomic E-state index is 12.1. The minimum absolute atomic E-state index is 0.0645. The molecule has 0 aromatic heterocycles. The van der Waals surface area contributed by atoms with Crippen molar-refractivity contribution in [3.05, 3.63) is 288 Å². The predicted octanol–water partition coefficient (Wildman–Crippen LogP) is 13.1. The van der Waals surface area contributed by atoms with E-state index >= 15 is 0 Å². The number of carbonyl (C=O) groups is 2. The molecule has 0 amide bonds. The highest BCUT2D eigenvalue weighted by atomic mass is 16.1. The Kier molecular flexibility index (Phi) is 13.1. The quantitative estimate of drug-likeness (QED) is 0.0703. The molecule has 0 saturated carbocycles. The van der Waals surface area contributed by atoms with Crippen molar-refractivity contribution < 1.29 is 9.59 Å². The third-order valence-electron chi connectivity index (χ3n) is 10.2. The van der Waals surface area contributed by atoms with Gasteiger partial charge in [-0.3, -0.25) is 9.59 Å². The largest absolute Gasteiger partial charge is 0.290 e. The highest BCUT2D eigenvalue weighted by Crippen LogP contribution is 2.36. The molecule has 0 unspecified atom stereocenters. The number of hydrogen-bond acceptors (Lipinski definition) is 4. The molecule has 2 aliphatic rings. The third-order valence-corrected chi connectivity index (χ3v) is 10.2. The van der Waals surface area contributed by atoms with E-state index in [2.05, 4.69) is 121 Å². The number of allylic oxidation sites excluding steroid dienone is 16. The number of benzene rings is 6. The van der Waals surface area contributed by atoms with Crippen LogP contribution < -0.4 is 0 Å². The normalized spacial score (nSPS) is 14.8. The Balaban J connectivity index is 1.45. The van der Waals surface area contributed by atoms with Crippen molar-refractivity contribution in [1.29, 1.82) is 0 Å². The third kappa shape index (κ3) is 10.6. The monoisotopic (exact) mass is 798 g/mol. The van der Waals surface area contributed by atoms with Gasteiger partial charge in [0.15, 0.2) is 11.6 Å². The van der Waals surface area contributed by atoms with Crippen molar-refractivity contribution in [2.45, 2.75) is 0 Å². The number of ketones is 2. The Morgan fingerprint density at radius 2 is 0.548 bits per heavy atom. The zero-order chi connectivity index (χ0) is 42.4. The van der Waals surface area contributed by atoms with Crippen molar-refractivity contribution in [3.63, 3.8) is 0 Å². The molecule has 0 N–H and O–H groups in total. The second-order valence-electron chi connectivity index (χ2n) is 14.5. The van der Waals surface area contributed by atoms with Crippen LogP contribution in [0.1, 0.15) is 33.4 Å². The van der Waals surface area contributed by atoms with Gasteiger partial charge in [0.2, 0.25) is 0 Å². The number of nitrogens with zero attached hydrogens (tertiary/aromatic N) is 2. The SMILES string of the molecule is O=C1C=CC(=NC(=CC(=CC(=C(C=C(C=C(N=C2C=CC(=O)C=C2)c2ccccc2)c2ccccc2)c2ccccc2)c2ccccc2)c2ccccc2)c2ccccc2)C=C1. The van der Waals surface area contributed by atoms with Crippen LogP contribution in [0.2, 0.25) is 0 Å². The molecule has 6 aromatic rings. The van der Waals surface area contributed by atoms with Crippen LogP contribution >= 0.6 is 0 Å². The van der Waals surface area contributed by atoms with Crippen LogP contribution in [0, 0.1) is 0 Å². The van der Waals surface area contributed by atoms with Gasteiger partial charge in [0, 0.05) is 11.1 Å². The molecule has 0 radical (unpaired) electrons. The Hall–Kier alpha value is -8.34. The minimum Gasteiger partial charge on any atom is -0.290 e. The lowest BCUT2D eigenvalue weighted by molar-refractivity contribution is -0.111. The minimum atomic E-state index is -0.0645. The molecular formula is C58H42N2O2. The summed E-state index contributed by atoms with van der Waals surface area (Å²) in [5.41, 5.74) is 12.6. The summed E-state index contributed by atoms with van der Waals surface area (Å²) < 4.78 is 0. The maximum absolute atomic E-state index is 12.1. The molecule has 0 bridgehead atoms. The van der Waals surface area contributed by atoms with Gasteiger partial charge in [-0.15, -0.1) is 0 Å². The Labute approximate surface area is 363 Å². The van der Waals surface area contributed by atoms with E-state index in [-0.39, 0.29) is 11.6 Å². The van der Waals surface area contributed by atoms with E-state index < -0.39 is 0 Å². The fraction of sp³-hybridized carbons (Fsp3) is 0. The summed E-state index contributed by atoms with van der Waals surface area (Å²) in [5.74, 6) is -0.129. The first-order chi connectivity index (χ1) is 30.6. The van der Waals surface area contributed by atoms with E-state index in [4.69, 9.17) is 9.98 Å². The van der Waals surface area contributed by atoms with Gasteiger partial charge in [0.05, 0.1) is 22.8 Å². The summed E-state index contributed by atoms with van der Waals surface area (Å²) in [6.45, 7) is 0. The lowest BCUT2D eigenvalue weighted by Gasteiger charge is -2.16. The highest BCUT2D eigenvalue weighted by molar-refractivity contribution is 6.19. The first-order valence-corrected chi connectivity index (χ1v) is 20.5. The van der Waals surface area contributed by atoms with Gasteiger partial charge < -0.3 is 0 Å². The van der Waals surface area contributed by atoms with Crippen LogP contribution in [0.3, 0.4) is 0 Å². The molecular weight excluding hydrogens is 757 g/mol. The molecule has 0 aliphatic heterocycles. The molecule has 0 atom stereocenters. The van der Waals surface area contributed by atoms with Crippen molar-refractivity contribution in [3.8, 4) is 0 Å². The average Bonchev–Trinajstić information content (AvgIpc) is 3.34. The van der Waals surface area contributed by atoms with Crippen LogP contribution in [-0.2, 0) is 9.59 Å².